The van der Waals surface area contributed by atoms with Gasteiger partial charge in [0.05, 0.1) is 16.9 Å². The average molecular weight is 310 g/mol. The molecule has 0 bridgehead atoms. The quantitative estimate of drug-likeness (QED) is 0.808. The summed E-state index contributed by atoms with van der Waals surface area (Å²) >= 11 is 6.04. The van der Waals surface area contributed by atoms with Gasteiger partial charge in [-0.25, -0.2) is 9.37 Å². The second kappa shape index (κ2) is 5.93. The summed E-state index contributed by atoms with van der Waals surface area (Å²) in [5.41, 5.74) is 2.36. The Kier molecular flexibility index (Phi) is 4.18. The van der Waals surface area contributed by atoms with Crippen LogP contribution >= 0.6 is 11.6 Å². The monoisotopic (exact) mass is 309 g/mol. The molecule has 3 nitrogen and oxygen atoms in total. The summed E-state index contributed by atoms with van der Waals surface area (Å²) in [5, 5.41) is 0. The minimum Gasteiger partial charge on any atom is -0.327 e. The van der Waals surface area contributed by atoms with Gasteiger partial charge in [-0.2, -0.15) is 0 Å². The van der Waals surface area contributed by atoms with E-state index in [1.807, 2.05) is 6.07 Å². The van der Waals surface area contributed by atoms with Crippen LogP contribution in [0.3, 0.4) is 0 Å². The lowest BCUT2D eigenvalue weighted by atomic mass is 9.98. The van der Waals surface area contributed by atoms with Gasteiger partial charge in [-0.3, -0.25) is 0 Å². The molecule has 0 saturated carbocycles. The molecule has 1 fully saturated rings. The van der Waals surface area contributed by atoms with Crippen molar-refractivity contribution in [2.75, 3.05) is 20.1 Å². The van der Waals surface area contributed by atoms with Crippen molar-refractivity contribution >= 4 is 22.6 Å². The van der Waals surface area contributed by atoms with Crippen LogP contribution in [0.25, 0.3) is 11.0 Å². The highest BCUT2D eigenvalue weighted by molar-refractivity contribution is 6.16. The molecule has 2 aromatic rings. The maximum atomic E-state index is 13.7. The Balaban J connectivity index is 1.97. The van der Waals surface area contributed by atoms with E-state index in [1.54, 1.807) is 6.92 Å². The molecule has 0 spiro atoms. The topological polar surface area (TPSA) is 21.1 Å². The first-order valence-electron chi connectivity index (χ1n) is 7.48. The molecule has 21 heavy (non-hydrogen) atoms. The molecule has 1 saturated heterocycles. The Morgan fingerprint density at radius 3 is 2.95 bits per heavy atom. The van der Waals surface area contributed by atoms with Crippen LogP contribution in [0.1, 0.15) is 24.2 Å². The average Bonchev–Trinajstić information content (AvgIpc) is 2.77. The zero-order valence-electron chi connectivity index (χ0n) is 12.6. The second-order valence-electron chi connectivity index (χ2n) is 6.13. The van der Waals surface area contributed by atoms with Gasteiger partial charge in [0.25, 0.3) is 0 Å². The number of hydrogen-bond donors (Lipinski definition) is 0. The summed E-state index contributed by atoms with van der Waals surface area (Å²) in [6.45, 7) is 4.98. The Morgan fingerprint density at radius 1 is 1.43 bits per heavy atom. The summed E-state index contributed by atoms with van der Waals surface area (Å²) in [6, 6.07) is 3.41. The van der Waals surface area contributed by atoms with E-state index in [9.17, 15) is 4.39 Å². The fourth-order valence-corrected chi connectivity index (χ4v) is 3.49. The minimum atomic E-state index is -0.203. The molecule has 114 valence electrons. The van der Waals surface area contributed by atoms with E-state index in [0.29, 0.717) is 22.9 Å². The van der Waals surface area contributed by atoms with Crippen molar-refractivity contribution in [3.05, 3.63) is 29.3 Å². The number of imidazole rings is 1. The zero-order chi connectivity index (χ0) is 15.0. The number of halogens is 2. The van der Waals surface area contributed by atoms with Crippen molar-refractivity contribution < 1.29 is 4.39 Å². The number of aromatic nitrogens is 2. The highest BCUT2D eigenvalue weighted by atomic mass is 35.5. The van der Waals surface area contributed by atoms with E-state index < -0.39 is 0 Å². The fraction of sp³-hybridized carbons (Fsp3) is 0.562. The first kappa shape index (κ1) is 14.8. The number of likely N-dealkylation sites (tertiary alicyclic amines) is 1. The van der Waals surface area contributed by atoms with E-state index in [4.69, 9.17) is 11.6 Å². The van der Waals surface area contributed by atoms with Crippen molar-refractivity contribution in [2.45, 2.75) is 32.2 Å². The van der Waals surface area contributed by atoms with Crippen LogP contribution in [0.4, 0.5) is 4.39 Å². The van der Waals surface area contributed by atoms with Crippen molar-refractivity contribution in [1.82, 2.24) is 14.5 Å². The molecule has 0 N–H and O–H groups in total. The van der Waals surface area contributed by atoms with Gasteiger partial charge < -0.3 is 9.47 Å². The third kappa shape index (κ3) is 2.92. The highest BCUT2D eigenvalue weighted by Gasteiger charge is 2.20. The van der Waals surface area contributed by atoms with Gasteiger partial charge in [-0.15, -0.1) is 11.6 Å². The van der Waals surface area contributed by atoms with Gasteiger partial charge in [0.15, 0.2) is 0 Å². The summed E-state index contributed by atoms with van der Waals surface area (Å²) in [4.78, 5) is 6.87. The molecule has 5 heteroatoms. The van der Waals surface area contributed by atoms with Crippen molar-refractivity contribution in [2.24, 2.45) is 5.92 Å². The van der Waals surface area contributed by atoms with Crippen molar-refractivity contribution in [3.8, 4) is 0 Å². The SMILES string of the molecule is Cc1cc2c(cc1F)nc(CCl)n2CC1CCCN(C)C1. The van der Waals surface area contributed by atoms with E-state index in [-0.39, 0.29) is 5.82 Å². The molecule has 1 aromatic heterocycles. The van der Waals surface area contributed by atoms with E-state index in [1.165, 1.54) is 25.5 Å². The molecule has 0 radical (unpaired) electrons. The van der Waals surface area contributed by atoms with Gasteiger partial charge >= 0.3 is 0 Å². The lowest BCUT2D eigenvalue weighted by molar-refractivity contribution is 0.195. The number of nitrogens with zero attached hydrogens (tertiary/aromatic N) is 3. The molecule has 1 aliphatic heterocycles. The van der Waals surface area contributed by atoms with Gasteiger partial charge in [0.2, 0.25) is 0 Å². The maximum Gasteiger partial charge on any atom is 0.128 e. The van der Waals surface area contributed by atoms with Crippen molar-refractivity contribution in [3.63, 3.8) is 0 Å². The third-order valence-corrected chi connectivity index (χ3v) is 4.63. The summed E-state index contributed by atoms with van der Waals surface area (Å²) in [5.74, 6) is 1.60. The smallest absolute Gasteiger partial charge is 0.128 e. The number of rotatable bonds is 3. The molecule has 1 unspecified atom stereocenters. The lowest BCUT2D eigenvalue weighted by Gasteiger charge is -2.30. The Hall–Kier alpha value is -1.13. The number of aryl methyl sites for hydroxylation is 1. The molecule has 0 amide bonds. The van der Waals surface area contributed by atoms with E-state index >= 15 is 0 Å². The molecule has 1 atom stereocenters. The van der Waals surface area contributed by atoms with Crippen LogP contribution < -0.4 is 0 Å². The molecule has 1 aliphatic rings. The largest absolute Gasteiger partial charge is 0.327 e. The van der Waals surface area contributed by atoms with Crippen LogP contribution in [0.5, 0.6) is 0 Å². The lowest BCUT2D eigenvalue weighted by Crippen LogP contribution is -2.34. The van der Waals surface area contributed by atoms with Gasteiger partial charge in [-0.1, -0.05) is 0 Å². The molecule has 2 heterocycles. The summed E-state index contributed by atoms with van der Waals surface area (Å²) < 4.78 is 15.9. The number of piperidine rings is 1. The van der Waals surface area contributed by atoms with E-state index in [0.717, 1.165) is 24.4 Å². The summed E-state index contributed by atoms with van der Waals surface area (Å²) in [6.07, 6.45) is 2.46. The number of benzene rings is 1. The molecule has 0 aliphatic carbocycles. The third-order valence-electron chi connectivity index (χ3n) is 4.39. The zero-order valence-corrected chi connectivity index (χ0v) is 13.3. The Bertz CT molecular complexity index is 652. The minimum absolute atomic E-state index is 0.203. The first-order valence-corrected chi connectivity index (χ1v) is 8.01. The van der Waals surface area contributed by atoms with Crippen LogP contribution in [0.15, 0.2) is 12.1 Å². The normalized spacial score (nSPS) is 20.3. The first-order chi connectivity index (χ1) is 10.1. The number of fused-ring (bicyclic) bond motifs is 1. The van der Waals surface area contributed by atoms with Crippen molar-refractivity contribution in [1.29, 1.82) is 0 Å². The van der Waals surface area contributed by atoms with Crippen LogP contribution in [-0.2, 0) is 12.4 Å². The number of alkyl halides is 1. The Morgan fingerprint density at radius 2 is 2.24 bits per heavy atom. The molecule has 1 aromatic carbocycles. The molecular formula is C16H21ClFN3. The predicted molar refractivity (Wildman–Crippen MR) is 84.2 cm³/mol. The molecule has 3 rings (SSSR count). The standard InChI is InChI=1S/C16H21ClFN3/c1-11-6-15-14(7-13(11)18)19-16(8-17)21(15)10-12-4-3-5-20(2)9-12/h6-7,12H,3-5,8-10H2,1-2H3. The van der Waals surface area contributed by atoms with Gasteiger partial charge in [-0.05, 0) is 50.9 Å². The Labute approximate surface area is 129 Å². The summed E-state index contributed by atoms with van der Waals surface area (Å²) in [7, 11) is 2.17. The maximum absolute atomic E-state index is 13.7. The second-order valence-corrected chi connectivity index (χ2v) is 6.40. The fourth-order valence-electron chi connectivity index (χ4n) is 3.29. The molecular weight excluding hydrogens is 289 g/mol. The van der Waals surface area contributed by atoms with Crippen LogP contribution in [0.2, 0.25) is 0 Å². The van der Waals surface area contributed by atoms with Crippen LogP contribution in [0, 0.1) is 18.7 Å². The van der Waals surface area contributed by atoms with Gasteiger partial charge in [0, 0.05) is 19.2 Å². The van der Waals surface area contributed by atoms with Crippen LogP contribution in [-0.4, -0.2) is 34.6 Å². The number of hydrogen-bond acceptors (Lipinski definition) is 2. The van der Waals surface area contributed by atoms with Gasteiger partial charge in [0.1, 0.15) is 11.6 Å². The predicted octanol–water partition coefficient (Wildman–Crippen LogP) is 3.56. The highest BCUT2D eigenvalue weighted by Crippen LogP contribution is 2.25. The van der Waals surface area contributed by atoms with E-state index in [2.05, 4.69) is 21.5 Å².